The second-order valence-corrected chi connectivity index (χ2v) is 7.79. The van der Waals surface area contributed by atoms with Crippen molar-refractivity contribution in [3.8, 4) is 0 Å². The standard InChI is InChI=1S/C12H16O4S2/c1-4-12(13)9(2)17(14)10-5-7-11(8-6-10)18(3,15)16/h5-9H,4H2,1-3H3. The maximum atomic E-state index is 12.0. The molecule has 100 valence electrons. The minimum atomic E-state index is -3.25. The third-order valence-corrected chi connectivity index (χ3v) is 5.38. The molecule has 2 unspecified atom stereocenters. The Morgan fingerprint density at radius 3 is 2.17 bits per heavy atom. The minimum absolute atomic E-state index is 0.0690. The van der Waals surface area contributed by atoms with Gasteiger partial charge < -0.3 is 0 Å². The van der Waals surface area contributed by atoms with E-state index in [2.05, 4.69) is 0 Å². The fraction of sp³-hybridized carbons (Fsp3) is 0.417. The highest BCUT2D eigenvalue weighted by atomic mass is 32.2. The number of hydrogen-bond acceptors (Lipinski definition) is 4. The zero-order chi connectivity index (χ0) is 13.9. The van der Waals surface area contributed by atoms with Crippen LogP contribution in [0.15, 0.2) is 34.1 Å². The maximum absolute atomic E-state index is 12.0. The number of benzene rings is 1. The molecule has 0 aliphatic carbocycles. The number of ketones is 1. The largest absolute Gasteiger partial charge is 0.298 e. The van der Waals surface area contributed by atoms with Gasteiger partial charge in [0, 0.05) is 17.6 Å². The van der Waals surface area contributed by atoms with E-state index in [-0.39, 0.29) is 10.7 Å². The Morgan fingerprint density at radius 1 is 1.28 bits per heavy atom. The molecule has 0 saturated heterocycles. The van der Waals surface area contributed by atoms with Gasteiger partial charge in [-0.1, -0.05) is 6.92 Å². The topological polar surface area (TPSA) is 68.3 Å². The first-order chi connectivity index (χ1) is 8.27. The van der Waals surface area contributed by atoms with Gasteiger partial charge in [-0.25, -0.2) is 8.42 Å². The van der Waals surface area contributed by atoms with Gasteiger partial charge in [-0.05, 0) is 31.2 Å². The Bertz CT molecular complexity index is 558. The van der Waals surface area contributed by atoms with Crippen LogP contribution in [-0.2, 0) is 25.4 Å². The fourth-order valence-electron chi connectivity index (χ4n) is 1.43. The molecule has 0 aliphatic rings. The predicted octanol–water partition coefficient (Wildman–Crippen LogP) is 1.57. The van der Waals surface area contributed by atoms with Crippen molar-refractivity contribution in [3.63, 3.8) is 0 Å². The summed E-state index contributed by atoms with van der Waals surface area (Å²) in [5.74, 6) is -0.0690. The summed E-state index contributed by atoms with van der Waals surface area (Å²) in [4.78, 5) is 12.1. The molecular weight excluding hydrogens is 272 g/mol. The molecule has 18 heavy (non-hydrogen) atoms. The molecular formula is C12H16O4S2. The molecule has 0 aliphatic heterocycles. The quantitative estimate of drug-likeness (QED) is 0.824. The number of sulfone groups is 1. The minimum Gasteiger partial charge on any atom is -0.298 e. The van der Waals surface area contributed by atoms with Crippen molar-refractivity contribution < 1.29 is 17.4 Å². The molecule has 0 fully saturated rings. The predicted molar refractivity (Wildman–Crippen MR) is 70.7 cm³/mol. The fourth-order valence-corrected chi connectivity index (χ4v) is 3.28. The molecule has 0 amide bonds. The van der Waals surface area contributed by atoms with Gasteiger partial charge in [0.15, 0.2) is 9.84 Å². The Kier molecular flexibility index (Phi) is 4.81. The Labute approximate surface area is 110 Å². The van der Waals surface area contributed by atoms with E-state index in [4.69, 9.17) is 0 Å². The molecule has 1 aromatic carbocycles. The molecule has 0 saturated carbocycles. The Balaban J connectivity index is 2.99. The highest BCUT2D eigenvalue weighted by Gasteiger charge is 2.20. The average Bonchev–Trinajstić information content (AvgIpc) is 2.35. The van der Waals surface area contributed by atoms with Crippen molar-refractivity contribution >= 4 is 26.4 Å². The molecule has 1 rings (SSSR count). The molecule has 0 spiro atoms. The van der Waals surface area contributed by atoms with Crippen LogP contribution in [0.4, 0.5) is 0 Å². The third kappa shape index (κ3) is 3.49. The molecule has 4 nitrogen and oxygen atoms in total. The Hall–Kier alpha value is -1.01. The lowest BCUT2D eigenvalue weighted by molar-refractivity contribution is -0.118. The van der Waals surface area contributed by atoms with Crippen LogP contribution in [0, 0.1) is 0 Å². The molecule has 1 aromatic rings. The van der Waals surface area contributed by atoms with Crippen molar-refractivity contribution in [1.82, 2.24) is 0 Å². The molecule has 0 radical (unpaired) electrons. The van der Waals surface area contributed by atoms with Crippen molar-refractivity contribution in [2.45, 2.75) is 35.3 Å². The summed E-state index contributed by atoms with van der Waals surface area (Å²) in [7, 11) is -4.69. The van der Waals surface area contributed by atoms with Gasteiger partial charge in [-0.15, -0.1) is 0 Å². The highest BCUT2D eigenvalue weighted by molar-refractivity contribution is 7.90. The smallest absolute Gasteiger partial charge is 0.175 e. The van der Waals surface area contributed by atoms with Gasteiger partial charge in [0.05, 0.1) is 20.9 Å². The summed E-state index contributed by atoms with van der Waals surface area (Å²) in [6, 6.07) is 5.80. The summed E-state index contributed by atoms with van der Waals surface area (Å²) in [5, 5.41) is -0.570. The normalized spacial score (nSPS) is 15.1. The lowest BCUT2D eigenvalue weighted by atomic mass is 10.2. The van der Waals surface area contributed by atoms with Crippen LogP contribution >= 0.6 is 0 Å². The molecule has 2 atom stereocenters. The first-order valence-corrected chi connectivity index (χ1v) is 8.61. The molecule has 0 heterocycles. The van der Waals surface area contributed by atoms with Gasteiger partial charge in [0.1, 0.15) is 5.78 Å². The van der Waals surface area contributed by atoms with Crippen LogP contribution in [0.5, 0.6) is 0 Å². The molecule has 0 bridgehead atoms. The summed E-state index contributed by atoms with van der Waals surface area (Å²) in [5.41, 5.74) is 0. The summed E-state index contributed by atoms with van der Waals surface area (Å²) < 4.78 is 34.6. The van der Waals surface area contributed by atoms with Crippen LogP contribution in [0.2, 0.25) is 0 Å². The van der Waals surface area contributed by atoms with E-state index >= 15 is 0 Å². The molecule has 6 heteroatoms. The number of hydrogen-bond donors (Lipinski definition) is 0. The van der Waals surface area contributed by atoms with Crippen LogP contribution in [0.1, 0.15) is 20.3 Å². The van der Waals surface area contributed by atoms with Gasteiger partial charge in [-0.2, -0.15) is 0 Å². The van der Waals surface area contributed by atoms with Crippen LogP contribution in [0.3, 0.4) is 0 Å². The second-order valence-electron chi connectivity index (χ2n) is 4.00. The number of rotatable bonds is 5. The first kappa shape index (κ1) is 15.0. The summed E-state index contributed by atoms with van der Waals surface area (Å²) in [6.07, 6.45) is 1.45. The van der Waals surface area contributed by atoms with Crippen molar-refractivity contribution in [3.05, 3.63) is 24.3 Å². The van der Waals surface area contributed by atoms with Crippen molar-refractivity contribution in [2.75, 3.05) is 6.26 Å². The molecule has 0 aromatic heterocycles. The van der Waals surface area contributed by atoms with Gasteiger partial charge in [-0.3, -0.25) is 9.00 Å². The number of carbonyl (C=O) groups excluding carboxylic acids is 1. The van der Waals surface area contributed by atoms with Crippen LogP contribution in [-0.4, -0.2) is 29.9 Å². The summed E-state index contributed by atoms with van der Waals surface area (Å²) >= 11 is 0. The lowest BCUT2D eigenvalue weighted by Crippen LogP contribution is -2.21. The number of carbonyl (C=O) groups is 1. The van der Waals surface area contributed by atoms with Crippen LogP contribution in [0.25, 0.3) is 0 Å². The third-order valence-electron chi connectivity index (χ3n) is 2.61. The van der Waals surface area contributed by atoms with E-state index in [9.17, 15) is 17.4 Å². The van der Waals surface area contributed by atoms with Crippen molar-refractivity contribution in [2.24, 2.45) is 0 Å². The van der Waals surface area contributed by atoms with E-state index in [1.54, 1.807) is 13.8 Å². The zero-order valence-electron chi connectivity index (χ0n) is 10.5. The molecule has 0 N–H and O–H groups in total. The van der Waals surface area contributed by atoms with E-state index in [0.29, 0.717) is 11.3 Å². The average molecular weight is 288 g/mol. The second kappa shape index (κ2) is 5.75. The highest BCUT2D eigenvalue weighted by Crippen LogP contribution is 2.16. The Morgan fingerprint density at radius 2 is 1.78 bits per heavy atom. The van der Waals surface area contributed by atoms with Crippen LogP contribution < -0.4 is 0 Å². The summed E-state index contributed by atoms with van der Waals surface area (Å²) in [6.45, 7) is 3.34. The monoisotopic (exact) mass is 288 g/mol. The number of Topliss-reactive ketones (excluding diaryl/α,β-unsaturated/α-hetero) is 1. The van der Waals surface area contributed by atoms with E-state index in [1.165, 1.54) is 24.3 Å². The zero-order valence-corrected chi connectivity index (χ0v) is 12.2. The van der Waals surface area contributed by atoms with Gasteiger partial charge >= 0.3 is 0 Å². The van der Waals surface area contributed by atoms with Gasteiger partial charge in [0.2, 0.25) is 0 Å². The first-order valence-electron chi connectivity index (χ1n) is 5.50. The van der Waals surface area contributed by atoms with E-state index in [0.717, 1.165) is 6.26 Å². The lowest BCUT2D eigenvalue weighted by Gasteiger charge is -2.09. The maximum Gasteiger partial charge on any atom is 0.175 e. The SMILES string of the molecule is CCC(=O)C(C)S(=O)c1ccc(S(C)(=O)=O)cc1. The van der Waals surface area contributed by atoms with E-state index in [1.807, 2.05) is 0 Å². The van der Waals surface area contributed by atoms with Gasteiger partial charge in [0.25, 0.3) is 0 Å². The van der Waals surface area contributed by atoms with Crippen molar-refractivity contribution in [1.29, 1.82) is 0 Å². The van der Waals surface area contributed by atoms with E-state index < -0.39 is 25.9 Å².